The lowest BCUT2D eigenvalue weighted by atomic mass is 9.79. The van der Waals surface area contributed by atoms with Crippen LogP contribution in [0.25, 0.3) is 0 Å². The van der Waals surface area contributed by atoms with Crippen molar-refractivity contribution in [3.8, 4) is 0 Å². The van der Waals surface area contributed by atoms with E-state index in [9.17, 15) is 4.79 Å². The second kappa shape index (κ2) is 7.93. The van der Waals surface area contributed by atoms with E-state index in [-0.39, 0.29) is 23.8 Å². The molecular formula is C20H24N4O2. The molecule has 0 saturated carbocycles. The number of anilines is 1. The van der Waals surface area contributed by atoms with E-state index in [0.717, 1.165) is 38.2 Å². The first-order valence-electron chi connectivity index (χ1n) is 9.23. The topological polar surface area (TPSA) is 67.3 Å². The zero-order chi connectivity index (χ0) is 17.8. The van der Waals surface area contributed by atoms with E-state index in [0.29, 0.717) is 6.61 Å². The van der Waals surface area contributed by atoms with Crippen molar-refractivity contribution in [3.63, 3.8) is 0 Å². The lowest BCUT2D eigenvalue weighted by molar-refractivity contribution is -0.137. The molecular weight excluding hydrogens is 328 g/mol. The van der Waals surface area contributed by atoms with E-state index in [1.165, 1.54) is 5.56 Å². The molecule has 2 saturated heterocycles. The highest BCUT2D eigenvalue weighted by molar-refractivity contribution is 5.92. The SMILES string of the molecule is O=C(Nc1cccnc1)[C@@H]1CCO[C@@H]2CCN(Cc3cccnc3)C[C@H]21. The molecule has 1 N–H and O–H groups in total. The maximum Gasteiger partial charge on any atom is 0.228 e. The van der Waals surface area contributed by atoms with Crippen LogP contribution in [0.5, 0.6) is 0 Å². The van der Waals surface area contributed by atoms with Gasteiger partial charge < -0.3 is 10.1 Å². The second-order valence-corrected chi connectivity index (χ2v) is 7.08. The van der Waals surface area contributed by atoms with E-state index < -0.39 is 0 Å². The van der Waals surface area contributed by atoms with Gasteiger partial charge in [0.1, 0.15) is 0 Å². The van der Waals surface area contributed by atoms with Crippen molar-refractivity contribution in [2.45, 2.75) is 25.5 Å². The van der Waals surface area contributed by atoms with E-state index in [1.54, 1.807) is 18.6 Å². The quantitative estimate of drug-likeness (QED) is 0.915. The molecule has 2 aliphatic rings. The molecule has 0 unspecified atom stereocenters. The molecule has 0 aromatic carbocycles. The fraction of sp³-hybridized carbons (Fsp3) is 0.450. The molecule has 4 heterocycles. The molecule has 2 aliphatic heterocycles. The number of carbonyl (C=O) groups excluding carboxylic acids is 1. The van der Waals surface area contributed by atoms with Crippen LogP contribution < -0.4 is 5.32 Å². The lowest BCUT2D eigenvalue weighted by Gasteiger charge is -2.44. The second-order valence-electron chi connectivity index (χ2n) is 7.08. The van der Waals surface area contributed by atoms with Crippen molar-refractivity contribution >= 4 is 11.6 Å². The zero-order valence-corrected chi connectivity index (χ0v) is 14.8. The smallest absolute Gasteiger partial charge is 0.228 e. The third-order valence-electron chi connectivity index (χ3n) is 5.35. The highest BCUT2D eigenvalue weighted by atomic mass is 16.5. The molecule has 0 aliphatic carbocycles. The number of hydrogen-bond donors (Lipinski definition) is 1. The summed E-state index contributed by atoms with van der Waals surface area (Å²) in [6.45, 7) is 3.40. The number of amides is 1. The summed E-state index contributed by atoms with van der Waals surface area (Å²) in [5.41, 5.74) is 1.96. The minimum Gasteiger partial charge on any atom is -0.378 e. The summed E-state index contributed by atoms with van der Waals surface area (Å²) in [6.07, 6.45) is 9.02. The van der Waals surface area contributed by atoms with Gasteiger partial charge >= 0.3 is 0 Å². The van der Waals surface area contributed by atoms with E-state index >= 15 is 0 Å². The van der Waals surface area contributed by atoms with Gasteiger partial charge in [0.05, 0.1) is 18.0 Å². The summed E-state index contributed by atoms with van der Waals surface area (Å²) in [4.78, 5) is 23.5. The Balaban J connectivity index is 1.43. The van der Waals surface area contributed by atoms with Crippen LogP contribution >= 0.6 is 0 Å². The van der Waals surface area contributed by atoms with Gasteiger partial charge in [0.2, 0.25) is 5.91 Å². The van der Waals surface area contributed by atoms with Gasteiger partial charge in [-0.05, 0) is 36.6 Å². The number of aromatic nitrogens is 2. The predicted octanol–water partition coefficient (Wildman–Crippen LogP) is 2.34. The minimum absolute atomic E-state index is 0.0225. The summed E-state index contributed by atoms with van der Waals surface area (Å²) >= 11 is 0. The van der Waals surface area contributed by atoms with Gasteiger partial charge in [-0.3, -0.25) is 19.7 Å². The average molecular weight is 352 g/mol. The molecule has 6 heteroatoms. The first-order chi connectivity index (χ1) is 12.8. The van der Waals surface area contributed by atoms with Crippen molar-refractivity contribution in [3.05, 3.63) is 54.6 Å². The Hall–Kier alpha value is -2.31. The van der Waals surface area contributed by atoms with E-state index in [4.69, 9.17) is 4.74 Å². The molecule has 6 nitrogen and oxygen atoms in total. The number of nitrogens with one attached hydrogen (secondary N) is 1. The molecule has 26 heavy (non-hydrogen) atoms. The Labute approximate surface area is 153 Å². The molecule has 3 atom stereocenters. The summed E-state index contributed by atoms with van der Waals surface area (Å²) < 4.78 is 5.98. The van der Waals surface area contributed by atoms with E-state index in [2.05, 4.69) is 26.3 Å². The first kappa shape index (κ1) is 17.1. The molecule has 2 aromatic heterocycles. The van der Waals surface area contributed by atoms with Crippen LogP contribution in [0.15, 0.2) is 49.1 Å². The van der Waals surface area contributed by atoms with Crippen LogP contribution in [0.3, 0.4) is 0 Å². The standard InChI is InChI=1S/C20H24N4O2/c25-20(23-16-4-2-8-22-12-16)17-6-10-26-19-5-9-24(14-18(17)19)13-15-3-1-7-21-11-15/h1-4,7-8,11-12,17-19H,5-6,9-10,13-14H2,(H,23,25)/t17-,18+,19-/m1/s1. The number of fused-ring (bicyclic) bond motifs is 1. The van der Waals surface area contributed by atoms with Crippen molar-refractivity contribution in [1.82, 2.24) is 14.9 Å². The average Bonchev–Trinajstić information content (AvgIpc) is 2.69. The number of rotatable bonds is 4. The first-order valence-corrected chi connectivity index (χ1v) is 9.23. The molecule has 136 valence electrons. The molecule has 1 amide bonds. The highest BCUT2D eigenvalue weighted by Crippen LogP contribution is 2.34. The molecule has 2 aromatic rings. The van der Waals surface area contributed by atoms with Gasteiger partial charge in [0, 0.05) is 56.7 Å². The molecule has 0 bridgehead atoms. The normalized spacial score (nSPS) is 26.1. The summed E-state index contributed by atoms with van der Waals surface area (Å²) in [7, 11) is 0. The third kappa shape index (κ3) is 3.92. The van der Waals surface area contributed by atoms with Crippen molar-refractivity contribution in [2.24, 2.45) is 11.8 Å². The maximum atomic E-state index is 12.9. The molecule has 0 radical (unpaired) electrons. The number of nitrogens with zero attached hydrogens (tertiary/aromatic N) is 3. The largest absolute Gasteiger partial charge is 0.378 e. The Morgan fingerprint density at radius 2 is 2.04 bits per heavy atom. The van der Waals surface area contributed by atoms with E-state index in [1.807, 2.05) is 24.4 Å². The predicted molar refractivity (Wildman–Crippen MR) is 98.3 cm³/mol. The van der Waals surface area contributed by atoms with Crippen LogP contribution in [0.1, 0.15) is 18.4 Å². The fourth-order valence-corrected chi connectivity index (χ4v) is 4.08. The number of hydrogen-bond acceptors (Lipinski definition) is 5. The Bertz CT molecular complexity index is 725. The number of ether oxygens (including phenoxy) is 1. The Kier molecular flexibility index (Phi) is 5.22. The number of piperidine rings is 1. The van der Waals surface area contributed by atoms with Crippen molar-refractivity contribution in [1.29, 1.82) is 0 Å². The van der Waals surface area contributed by atoms with Gasteiger partial charge in [0.25, 0.3) is 0 Å². The molecule has 4 rings (SSSR count). The summed E-state index contributed by atoms with van der Waals surface area (Å²) in [5.74, 6) is 0.288. The van der Waals surface area contributed by atoms with Crippen LogP contribution in [0, 0.1) is 11.8 Å². The molecule has 2 fully saturated rings. The number of carbonyl (C=O) groups is 1. The van der Waals surface area contributed by atoms with Crippen LogP contribution in [-0.2, 0) is 16.1 Å². The highest BCUT2D eigenvalue weighted by Gasteiger charge is 2.41. The van der Waals surface area contributed by atoms with Crippen molar-refractivity contribution < 1.29 is 9.53 Å². The zero-order valence-electron chi connectivity index (χ0n) is 14.8. The molecule has 0 spiro atoms. The van der Waals surface area contributed by atoms with Gasteiger partial charge in [-0.2, -0.15) is 0 Å². The van der Waals surface area contributed by atoms with Crippen LogP contribution in [-0.4, -0.2) is 46.6 Å². The van der Waals surface area contributed by atoms with Crippen LogP contribution in [0.4, 0.5) is 5.69 Å². The third-order valence-corrected chi connectivity index (χ3v) is 5.35. The summed E-state index contributed by atoms with van der Waals surface area (Å²) in [6, 6.07) is 7.77. The monoisotopic (exact) mass is 352 g/mol. The van der Waals surface area contributed by atoms with Gasteiger partial charge in [-0.15, -0.1) is 0 Å². The Morgan fingerprint density at radius 3 is 2.81 bits per heavy atom. The number of likely N-dealkylation sites (tertiary alicyclic amines) is 1. The van der Waals surface area contributed by atoms with Gasteiger partial charge in [-0.25, -0.2) is 0 Å². The summed E-state index contributed by atoms with van der Waals surface area (Å²) in [5, 5.41) is 3.02. The Morgan fingerprint density at radius 1 is 1.19 bits per heavy atom. The van der Waals surface area contributed by atoms with Gasteiger partial charge in [0.15, 0.2) is 0 Å². The minimum atomic E-state index is -0.0225. The van der Waals surface area contributed by atoms with Crippen LogP contribution in [0.2, 0.25) is 0 Å². The lowest BCUT2D eigenvalue weighted by Crippen LogP contribution is -2.52. The van der Waals surface area contributed by atoms with Gasteiger partial charge in [-0.1, -0.05) is 6.07 Å². The maximum absolute atomic E-state index is 12.9. The fourth-order valence-electron chi connectivity index (χ4n) is 4.08. The van der Waals surface area contributed by atoms with Crippen molar-refractivity contribution in [2.75, 3.05) is 25.0 Å². The number of pyridine rings is 2.